The molecular weight excluding hydrogens is 433 g/mol. The number of amides is 1. The summed E-state index contributed by atoms with van der Waals surface area (Å²) < 4.78 is 13.3. The van der Waals surface area contributed by atoms with E-state index >= 15 is 0 Å². The molecule has 1 aliphatic rings. The van der Waals surface area contributed by atoms with Crippen molar-refractivity contribution in [2.45, 2.75) is 19.4 Å². The molecule has 1 saturated heterocycles. The number of hydrogen-bond acceptors (Lipinski definition) is 5. The van der Waals surface area contributed by atoms with Crippen LogP contribution in [-0.4, -0.2) is 57.1 Å². The molecule has 0 radical (unpaired) electrons. The summed E-state index contributed by atoms with van der Waals surface area (Å²) in [5.41, 5.74) is 1.49. The van der Waals surface area contributed by atoms with Crippen LogP contribution in [0.2, 0.25) is 5.02 Å². The molecule has 0 atom stereocenters. The van der Waals surface area contributed by atoms with Gasteiger partial charge >= 0.3 is 0 Å². The summed E-state index contributed by atoms with van der Waals surface area (Å²) in [6, 6.07) is 14.3. The van der Waals surface area contributed by atoms with Gasteiger partial charge in [0.05, 0.1) is 5.02 Å². The van der Waals surface area contributed by atoms with E-state index in [0.29, 0.717) is 18.7 Å². The number of halogens is 2. The Labute approximate surface area is 189 Å². The zero-order valence-corrected chi connectivity index (χ0v) is 18.2. The number of H-pyrrole nitrogens is 1. The highest BCUT2D eigenvalue weighted by Crippen LogP contribution is 2.21. The normalized spacial score (nSPS) is 14.5. The predicted octanol–water partition coefficient (Wildman–Crippen LogP) is 2.90. The summed E-state index contributed by atoms with van der Waals surface area (Å²) >= 11 is 5.78. The second kappa shape index (κ2) is 10.0. The highest BCUT2D eigenvalue weighted by Gasteiger charge is 2.21. The van der Waals surface area contributed by atoms with E-state index < -0.39 is 11.4 Å². The average molecular weight is 456 g/mol. The Bertz CT molecular complexity index is 1150. The van der Waals surface area contributed by atoms with Crippen molar-refractivity contribution in [3.63, 3.8) is 0 Å². The molecule has 166 valence electrons. The first-order valence-corrected chi connectivity index (χ1v) is 10.8. The van der Waals surface area contributed by atoms with E-state index in [4.69, 9.17) is 11.6 Å². The van der Waals surface area contributed by atoms with Crippen LogP contribution in [0.5, 0.6) is 0 Å². The molecule has 2 aromatic carbocycles. The van der Waals surface area contributed by atoms with Gasteiger partial charge in [0, 0.05) is 51.1 Å². The van der Waals surface area contributed by atoms with Crippen molar-refractivity contribution in [1.82, 2.24) is 25.0 Å². The van der Waals surface area contributed by atoms with Gasteiger partial charge in [-0.25, -0.2) is 4.39 Å². The molecule has 32 heavy (non-hydrogen) atoms. The predicted molar refractivity (Wildman–Crippen MR) is 120 cm³/mol. The molecule has 2 heterocycles. The summed E-state index contributed by atoms with van der Waals surface area (Å²) in [7, 11) is 0. The Morgan fingerprint density at radius 1 is 1.06 bits per heavy atom. The maximum Gasteiger partial charge on any atom is 0.273 e. The van der Waals surface area contributed by atoms with Crippen LogP contribution in [0.1, 0.15) is 17.7 Å². The van der Waals surface area contributed by atoms with E-state index in [0.717, 1.165) is 19.6 Å². The van der Waals surface area contributed by atoms with Crippen molar-refractivity contribution >= 4 is 17.5 Å². The smallest absolute Gasteiger partial charge is 0.273 e. The summed E-state index contributed by atoms with van der Waals surface area (Å²) in [6.07, 6.45) is 0.397. The Morgan fingerprint density at radius 2 is 1.81 bits per heavy atom. The number of nitrogens with one attached hydrogen (secondary N) is 1. The van der Waals surface area contributed by atoms with E-state index in [9.17, 15) is 14.0 Å². The van der Waals surface area contributed by atoms with Crippen LogP contribution in [-0.2, 0) is 17.8 Å². The first kappa shape index (κ1) is 22.1. The van der Waals surface area contributed by atoms with E-state index in [2.05, 4.69) is 32.2 Å². The summed E-state index contributed by atoms with van der Waals surface area (Å²) in [4.78, 5) is 31.8. The third kappa shape index (κ3) is 5.38. The molecule has 1 fully saturated rings. The lowest BCUT2D eigenvalue weighted by molar-refractivity contribution is -0.133. The largest absolute Gasteiger partial charge is 0.340 e. The monoisotopic (exact) mass is 455 g/mol. The standard InChI is InChI=1S/C23H23ClFN5O2/c24-18-14-17(6-7-19(18)25)22-26-23(32)20(27-28-22)8-9-21(31)30-12-10-29(11-13-30)15-16-4-2-1-3-5-16/h1-7,14H,8-13,15H2,(H,26,28,32). The van der Waals surface area contributed by atoms with Crippen LogP contribution >= 0.6 is 11.6 Å². The van der Waals surface area contributed by atoms with Crippen molar-refractivity contribution in [2.24, 2.45) is 0 Å². The second-order valence-corrected chi connectivity index (χ2v) is 8.13. The third-order valence-electron chi connectivity index (χ3n) is 5.51. The van der Waals surface area contributed by atoms with Gasteiger partial charge in [0.15, 0.2) is 5.82 Å². The number of carbonyl (C=O) groups excluding carboxylic acids is 1. The minimum absolute atomic E-state index is 0.0000426. The molecule has 0 aliphatic carbocycles. The van der Waals surface area contributed by atoms with Crippen LogP contribution in [0.25, 0.3) is 11.4 Å². The highest BCUT2D eigenvalue weighted by atomic mass is 35.5. The molecule has 0 saturated carbocycles. The molecule has 0 spiro atoms. The van der Waals surface area contributed by atoms with Crippen molar-refractivity contribution in [1.29, 1.82) is 0 Å². The van der Waals surface area contributed by atoms with Crippen molar-refractivity contribution < 1.29 is 9.18 Å². The third-order valence-corrected chi connectivity index (χ3v) is 5.80. The highest BCUT2D eigenvalue weighted by molar-refractivity contribution is 6.31. The Hall–Kier alpha value is -3.10. The molecule has 1 N–H and O–H groups in total. The lowest BCUT2D eigenvalue weighted by atomic mass is 10.1. The molecule has 7 nitrogen and oxygen atoms in total. The molecule has 3 aromatic rings. The van der Waals surface area contributed by atoms with Crippen molar-refractivity contribution in [3.05, 3.63) is 81.0 Å². The Balaban J connectivity index is 1.29. The number of carbonyl (C=O) groups is 1. The molecule has 1 aromatic heterocycles. The van der Waals surface area contributed by atoms with Crippen LogP contribution in [0, 0.1) is 5.82 Å². The van der Waals surface area contributed by atoms with Crippen molar-refractivity contribution in [2.75, 3.05) is 26.2 Å². The quantitative estimate of drug-likeness (QED) is 0.618. The summed E-state index contributed by atoms with van der Waals surface area (Å²) in [5.74, 6) is -0.358. The lowest BCUT2D eigenvalue weighted by Crippen LogP contribution is -2.48. The maximum absolute atomic E-state index is 13.3. The van der Waals surface area contributed by atoms with Gasteiger partial charge < -0.3 is 9.88 Å². The fraction of sp³-hybridized carbons (Fsp3) is 0.304. The number of aromatic amines is 1. The first-order valence-electron chi connectivity index (χ1n) is 10.4. The lowest BCUT2D eigenvalue weighted by Gasteiger charge is -2.34. The topological polar surface area (TPSA) is 82.2 Å². The number of piperazine rings is 1. The van der Waals surface area contributed by atoms with Gasteiger partial charge in [-0.3, -0.25) is 14.5 Å². The second-order valence-electron chi connectivity index (χ2n) is 7.72. The number of nitrogens with zero attached hydrogens (tertiary/aromatic N) is 4. The Morgan fingerprint density at radius 3 is 2.50 bits per heavy atom. The zero-order chi connectivity index (χ0) is 22.5. The van der Waals surface area contributed by atoms with Gasteiger partial charge in [-0.2, -0.15) is 0 Å². The van der Waals surface area contributed by atoms with Gasteiger partial charge in [0.25, 0.3) is 5.56 Å². The van der Waals surface area contributed by atoms with Crippen LogP contribution in [0.15, 0.2) is 53.3 Å². The number of aryl methyl sites for hydroxylation is 1. The van der Waals surface area contributed by atoms with Gasteiger partial charge in [0.2, 0.25) is 5.91 Å². The number of aromatic nitrogens is 3. The van der Waals surface area contributed by atoms with Gasteiger partial charge in [-0.05, 0) is 23.8 Å². The van der Waals surface area contributed by atoms with E-state index in [1.54, 1.807) is 0 Å². The van der Waals surface area contributed by atoms with Gasteiger partial charge in [-0.1, -0.05) is 41.9 Å². The van der Waals surface area contributed by atoms with Crippen LogP contribution in [0.3, 0.4) is 0 Å². The minimum Gasteiger partial charge on any atom is -0.340 e. The van der Waals surface area contributed by atoms with Crippen LogP contribution in [0.4, 0.5) is 4.39 Å². The number of rotatable bonds is 6. The number of benzene rings is 2. The molecule has 0 unspecified atom stereocenters. The minimum atomic E-state index is -0.554. The molecule has 1 amide bonds. The first-order chi connectivity index (χ1) is 15.5. The molecule has 0 bridgehead atoms. The number of hydrogen-bond donors (Lipinski definition) is 1. The van der Waals surface area contributed by atoms with E-state index in [1.807, 2.05) is 23.1 Å². The van der Waals surface area contributed by atoms with E-state index in [1.165, 1.54) is 23.8 Å². The fourth-order valence-corrected chi connectivity index (χ4v) is 3.86. The molecule has 1 aliphatic heterocycles. The van der Waals surface area contributed by atoms with Crippen LogP contribution < -0.4 is 5.56 Å². The molecule has 9 heteroatoms. The zero-order valence-electron chi connectivity index (χ0n) is 17.4. The fourth-order valence-electron chi connectivity index (χ4n) is 3.68. The van der Waals surface area contributed by atoms with Crippen molar-refractivity contribution in [3.8, 4) is 11.4 Å². The van der Waals surface area contributed by atoms with Gasteiger partial charge in [-0.15, -0.1) is 10.2 Å². The molecule has 4 rings (SSSR count). The average Bonchev–Trinajstić information content (AvgIpc) is 2.81. The SMILES string of the molecule is O=C(CCc1nnc(-c2ccc(F)c(Cl)c2)[nH]c1=O)N1CCN(Cc2ccccc2)CC1. The maximum atomic E-state index is 13.3. The summed E-state index contributed by atoms with van der Waals surface area (Å²) in [5, 5.41) is 7.91. The van der Waals surface area contributed by atoms with Gasteiger partial charge in [0.1, 0.15) is 11.5 Å². The Kier molecular flexibility index (Phi) is 6.92. The van der Waals surface area contributed by atoms with E-state index in [-0.39, 0.29) is 35.3 Å². The summed E-state index contributed by atoms with van der Waals surface area (Å²) in [6.45, 7) is 3.83. The molecular formula is C23H23ClFN5O2.